The number of aryl methyl sites for hydroxylation is 3. The lowest BCUT2D eigenvalue weighted by molar-refractivity contribution is 0.483. The van der Waals surface area contributed by atoms with Gasteiger partial charge in [-0.05, 0) is 74.5 Å². The zero-order valence-corrected chi connectivity index (χ0v) is 11.9. The monoisotopic (exact) mass is 243 g/mol. The van der Waals surface area contributed by atoms with Gasteiger partial charge in [-0.2, -0.15) is 0 Å². The minimum Gasteiger partial charge on any atom is -0.327 e. The van der Waals surface area contributed by atoms with Crippen molar-refractivity contribution in [3.05, 3.63) is 34.4 Å². The minimum atomic E-state index is 0.389. The molecule has 3 rings (SSSR count). The quantitative estimate of drug-likeness (QED) is 0.863. The highest BCUT2D eigenvalue weighted by Gasteiger charge is 2.54. The van der Waals surface area contributed by atoms with Crippen molar-refractivity contribution >= 4 is 0 Å². The standard InChI is InChI=1S/C17H25N/c1-10-7-11(2)15(12(3)8-10)9-16(18)17-13-5-4-6-14(13)17/h7-8,13-14,16-17H,4-6,9,18H2,1-3H3. The van der Waals surface area contributed by atoms with E-state index < -0.39 is 0 Å². The van der Waals surface area contributed by atoms with E-state index in [-0.39, 0.29) is 0 Å². The lowest BCUT2D eigenvalue weighted by Gasteiger charge is -2.18. The molecule has 2 aliphatic rings. The van der Waals surface area contributed by atoms with Crippen molar-refractivity contribution in [2.75, 3.05) is 0 Å². The minimum absolute atomic E-state index is 0.389. The molecule has 1 nitrogen and oxygen atoms in total. The fourth-order valence-corrected chi connectivity index (χ4v) is 4.42. The summed E-state index contributed by atoms with van der Waals surface area (Å²) < 4.78 is 0. The number of benzene rings is 1. The third kappa shape index (κ3) is 1.99. The summed E-state index contributed by atoms with van der Waals surface area (Å²) in [4.78, 5) is 0. The van der Waals surface area contributed by atoms with E-state index in [4.69, 9.17) is 5.73 Å². The molecule has 2 N–H and O–H groups in total. The molecule has 2 saturated carbocycles. The third-order valence-corrected chi connectivity index (χ3v) is 5.25. The fraction of sp³-hybridized carbons (Fsp3) is 0.647. The molecule has 0 heterocycles. The van der Waals surface area contributed by atoms with Crippen LogP contribution in [0.15, 0.2) is 12.1 Å². The summed E-state index contributed by atoms with van der Waals surface area (Å²) in [6.45, 7) is 6.64. The Balaban J connectivity index is 1.73. The topological polar surface area (TPSA) is 26.0 Å². The predicted octanol–water partition coefficient (Wildman–Crippen LogP) is 3.53. The van der Waals surface area contributed by atoms with Crippen LogP contribution in [0.1, 0.15) is 41.5 Å². The van der Waals surface area contributed by atoms with Gasteiger partial charge in [-0.1, -0.05) is 24.1 Å². The number of fused-ring (bicyclic) bond motifs is 1. The van der Waals surface area contributed by atoms with E-state index in [0.29, 0.717) is 6.04 Å². The molecule has 3 atom stereocenters. The maximum Gasteiger partial charge on any atom is 0.0113 e. The number of hydrogen-bond acceptors (Lipinski definition) is 1. The van der Waals surface area contributed by atoms with Gasteiger partial charge in [0.25, 0.3) is 0 Å². The molecular weight excluding hydrogens is 218 g/mol. The molecule has 1 heteroatoms. The first-order chi connectivity index (χ1) is 8.58. The Kier molecular flexibility index (Phi) is 2.97. The first kappa shape index (κ1) is 12.2. The maximum absolute atomic E-state index is 6.48. The Bertz CT molecular complexity index is 430. The summed E-state index contributed by atoms with van der Waals surface area (Å²) in [5.41, 5.74) is 12.2. The molecule has 3 unspecified atom stereocenters. The zero-order valence-electron chi connectivity index (χ0n) is 11.9. The van der Waals surface area contributed by atoms with Gasteiger partial charge in [0.1, 0.15) is 0 Å². The Hall–Kier alpha value is -0.820. The molecule has 0 saturated heterocycles. The molecule has 0 aromatic heterocycles. The van der Waals surface area contributed by atoms with E-state index >= 15 is 0 Å². The van der Waals surface area contributed by atoms with E-state index in [1.807, 2.05) is 0 Å². The van der Waals surface area contributed by atoms with Crippen LogP contribution in [0.5, 0.6) is 0 Å². The van der Waals surface area contributed by atoms with Crippen LogP contribution in [0, 0.1) is 38.5 Å². The second-order valence-corrected chi connectivity index (χ2v) is 6.58. The number of rotatable bonds is 3. The zero-order chi connectivity index (χ0) is 12.9. The highest BCUT2D eigenvalue weighted by Crippen LogP contribution is 2.58. The van der Waals surface area contributed by atoms with Gasteiger partial charge in [-0.3, -0.25) is 0 Å². The summed E-state index contributed by atoms with van der Waals surface area (Å²) >= 11 is 0. The van der Waals surface area contributed by atoms with Gasteiger partial charge in [0, 0.05) is 6.04 Å². The summed E-state index contributed by atoms with van der Waals surface area (Å²) in [5.74, 6) is 2.79. The molecule has 1 aromatic rings. The first-order valence-electron chi connectivity index (χ1n) is 7.40. The van der Waals surface area contributed by atoms with E-state index in [0.717, 1.165) is 24.2 Å². The van der Waals surface area contributed by atoms with Crippen LogP contribution in [0.3, 0.4) is 0 Å². The fourth-order valence-electron chi connectivity index (χ4n) is 4.42. The third-order valence-electron chi connectivity index (χ3n) is 5.25. The molecule has 0 spiro atoms. The maximum atomic E-state index is 6.48. The molecule has 1 aromatic carbocycles. The average molecular weight is 243 g/mol. The number of nitrogens with two attached hydrogens (primary N) is 1. The number of hydrogen-bond donors (Lipinski definition) is 1. The van der Waals surface area contributed by atoms with Crippen molar-refractivity contribution in [2.45, 2.75) is 52.5 Å². The van der Waals surface area contributed by atoms with Crippen LogP contribution >= 0.6 is 0 Å². The van der Waals surface area contributed by atoms with Crippen molar-refractivity contribution in [1.29, 1.82) is 0 Å². The van der Waals surface area contributed by atoms with Crippen molar-refractivity contribution < 1.29 is 0 Å². The predicted molar refractivity (Wildman–Crippen MR) is 76.7 cm³/mol. The van der Waals surface area contributed by atoms with Crippen molar-refractivity contribution in [3.8, 4) is 0 Å². The SMILES string of the molecule is Cc1cc(C)c(CC(N)C2C3CCCC32)c(C)c1. The lowest BCUT2D eigenvalue weighted by Crippen LogP contribution is -2.28. The molecule has 2 aliphatic carbocycles. The lowest BCUT2D eigenvalue weighted by atomic mass is 9.91. The van der Waals surface area contributed by atoms with Crippen molar-refractivity contribution in [3.63, 3.8) is 0 Å². The highest BCUT2D eigenvalue weighted by molar-refractivity contribution is 5.38. The summed E-state index contributed by atoms with van der Waals surface area (Å²) in [6.07, 6.45) is 5.40. The van der Waals surface area contributed by atoms with Crippen LogP contribution in [-0.4, -0.2) is 6.04 Å². The first-order valence-corrected chi connectivity index (χ1v) is 7.40. The molecular formula is C17H25N. The summed E-state index contributed by atoms with van der Waals surface area (Å²) in [6, 6.07) is 4.98. The molecule has 0 radical (unpaired) electrons. The normalized spacial score (nSPS) is 31.2. The van der Waals surface area contributed by atoms with Gasteiger partial charge < -0.3 is 5.73 Å². The van der Waals surface area contributed by atoms with Gasteiger partial charge in [0.05, 0.1) is 0 Å². The van der Waals surface area contributed by atoms with Crippen LogP contribution < -0.4 is 5.73 Å². The van der Waals surface area contributed by atoms with Crippen LogP contribution in [0.4, 0.5) is 0 Å². The molecule has 18 heavy (non-hydrogen) atoms. The summed E-state index contributed by atoms with van der Waals surface area (Å²) in [5, 5.41) is 0. The smallest absolute Gasteiger partial charge is 0.0113 e. The molecule has 98 valence electrons. The summed E-state index contributed by atoms with van der Waals surface area (Å²) in [7, 11) is 0. The van der Waals surface area contributed by atoms with Gasteiger partial charge >= 0.3 is 0 Å². The van der Waals surface area contributed by atoms with E-state index in [1.165, 1.54) is 41.5 Å². The van der Waals surface area contributed by atoms with Gasteiger partial charge in [0.15, 0.2) is 0 Å². The second kappa shape index (κ2) is 4.38. The van der Waals surface area contributed by atoms with Crippen LogP contribution in [0.25, 0.3) is 0 Å². The molecule has 0 amide bonds. The Morgan fingerprint density at radius 1 is 1.11 bits per heavy atom. The highest BCUT2D eigenvalue weighted by atomic mass is 14.7. The Labute approximate surface area is 111 Å². The van der Waals surface area contributed by atoms with E-state index in [9.17, 15) is 0 Å². The molecule has 0 aliphatic heterocycles. The van der Waals surface area contributed by atoms with Crippen molar-refractivity contribution in [2.24, 2.45) is 23.5 Å². The van der Waals surface area contributed by atoms with Gasteiger partial charge in [-0.15, -0.1) is 0 Å². The van der Waals surface area contributed by atoms with E-state index in [1.54, 1.807) is 0 Å². The van der Waals surface area contributed by atoms with Gasteiger partial charge in [0.2, 0.25) is 0 Å². The molecule has 0 bridgehead atoms. The average Bonchev–Trinajstić information content (AvgIpc) is 2.77. The van der Waals surface area contributed by atoms with Crippen molar-refractivity contribution in [1.82, 2.24) is 0 Å². The van der Waals surface area contributed by atoms with E-state index in [2.05, 4.69) is 32.9 Å². The Morgan fingerprint density at radius 3 is 2.22 bits per heavy atom. The van der Waals surface area contributed by atoms with Crippen LogP contribution in [0.2, 0.25) is 0 Å². The van der Waals surface area contributed by atoms with Crippen LogP contribution in [-0.2, 0) is 6.42 Å². The van der Waals surface area contributed by atoms with Gasteiger partial charge in [-0.25, -0.2) is 0 Å². The second-order valence-electron chi connectivity index (χ2n) is 6.58. The molecule has 2 fully saturated rings. The largest absolute Gasteiger partial charge is 0.327 e. The Morgan fingerprint density at radius 2 is 1.67 bits per heavy atom.